The zero-order valence-corrected chi connectivity index (χ0v) is 9.36. The average Bonchev–Trinajstić information content (AvgIpc) is 2.35. The Balaban J connectivity index is 3.08. The third kappa shape index (κ3) is 2.46. The van der Waals surface area contributed by atoms with Crippen molar-refractivity contribution in [2.45, 2.75) is 12.3 Å². The first-order chi connectivity index (χ1) is 7.76. The molecule has 0 N–H and O–H groups in total. The van der Waals surface area contributed by atoms with E-state index in [-0.39, 0.29) is 5.92 Å². The summed E-state index contributed by atoms with van der Waals surface area (Å²) in [4.78, 5) is 0. The molecule has 16 heavy (non-hydrogen) atoms. The van der Waals surface area contributed by atoms with Gasteiger partial charge in [0.2, 0.25) is 0 Å². The van der Waals surface area contributed by atoms with E-state index in [0.717, 1.165) is 5.56 Å². The summed E-state index contributed by atoms with van der Waals surface area (Å²) in [6, 6.07) is 7.55. The van der Waals surface area contributed by atoms with Crippen LogP contribution in [0.1, 0.15) is 17.9 Å². The number of benzene rings is 1. The van der Waals surface area contributed by atoms with Gasteiger partial charge < -0.3 is 9.47 Å². The molecule has 0 heterocycles. The Bertz CT molecular complexity index is 440. The van der Waals surface area contributed by atoms with Crippen LogP contribution in [0, 0.1) is 23.7 Å². The van der Waals surface area contributed by atoms with Crippen molar-refractivity contribution in [3.63, 3.8) is 0 Å². The topological polar surface area (TPSA) is 42.2 Å². The largest absolute Gasteiger partial charge is 0.493 e. The van der Waals surface area contributed by atoms with Crippen molar-refractivity contribution in [3.05, 3.63) is 23.8 Å². The molecule has 1 rings (SSSR count). The Labute approximate surface area is 95.6 Å². The second-order valence-electron chi connectivity index (χ2n) is 3.20. The maximum absolute atomic E-state index is 8.98. The zero-order chi connectivity index (χ0) is 12.0. The molecule has 82 valence electrons. The minimum atomic E-state index is -0.301. The van der Waals surface area contributed by atoms with Gasteiger partial charge in [-0.1, -0.05) is 6.07 Å². The first-order valence-electron chi connectivity index (χ1n) is 4.81. The normalized spacial score (nSPS) is 11.0. The van der Waals surface area contributed by atoms with Crippen molar-refractivity contribution in [2.75, 3.05) is 14.2 Å². The van der Waals surface area contributed by atoms with E-state index in [1.165, 1.54) is 0 Å². The SMILES string of the molecule is C#CCC(C#N)c1ccc(OC)c(OC)c1. The zero-order valence-electron chi connectivity index (χ0n) is 9.36. The Morgan fingerprint density at radius 2 is 2.00 bits per heavy atom. The molecule has 0 radical (unpaired) electrons. The molecule has 1 atom stereocenters. The molecule has 1 aromatic rings. The summed E-state index contributed by atoms with van der Waals surface area (Å²) < 4.78 is 10.3. The van der Waals surface area contributed by atoms with Crippen molar-refractivity contribution >= 4 is 0 Å². The molecule has 0 saturated carbocycles. The summed E-state index contributed by atoms with van der Waals surface area (Å²) in [6.45, 7) is 0. The lowest BCUT2D eigenvalue weighted by molar-refractivity contribution is 0.354. The summed E-state index contributed by atoms with van der Waals surface area (Å²) in [5, 5.41) is 8.98. The molecule has 0 spiro atoms. The number of terminal acetylenes is 1. The van der Waals surface area contributed by atoms with Crippen molar-refractivity contribution in [1.29, 1.82) is 5.26 Å². The van der Waals surface area contributed by atoms with Crippen LogP contribution in [0.4, 0.5) is 0 Å². The summed E-state index contributed by atoms with van der Waals surface area (Å²) in [7, 11) is 3.13. The van der Waals surface area contributed by atoms with Gasteiger partial charge in [0.15, 0.2) is 11.5 Å². The van der Waals surface area contributed by atoms with Crippen LogP contribution in [-0.2, 0) is 0 Å². The lowest BCUT2D eigenvalue weighted by atomic mass is 9.97. The first-order valence-corrected chi connectivity index (χ1v) is 4.81. The molecular formula is C13H13NO2. The number of hydrogen-bond acceptors (Lipinski definition) is 3. The Hall–Kier alpha value is -2.13. The molecule has 0 aliphatic heterocycles. The van der Waals surface area contributed by atoms with Gasteiger partial charge in [-0.15, -0.1) is 12.3 Å². The second-order valence-corrected chi connectivity index (χ2v) is 3.20. The van der Waals surface area contributed by atoms with Crippen LogP contribution in [0.15, 0.2) is 18.2 Å². The quantitative estimate of drug-likeness (QED) is 0.724. The molecule has 0 bridgehead atoms. The fourth-order valence-corrected chi connectivity index (χ4v) is 1.43. The predicted octanol–water partition coefficient (Wildman–Crippen LogP) is 2.33. The summed E-state index contributed by atoms with van der Waals surface area (Å²) >= 11 is 0. The third-order valence-electron chi connectivity index (χ3n) is 2.29. The molecular weight excluding hydrogens is 202 g/mol. The smallest absolute Gasteiger partial charge is 0.161 e. The molecule has 1 unspecified atom stereocenters. The number of nitriles is 1. The van der Waals surface area contributed by atoms with Gasteiger partial charge in [0.25, 0.3) is 0 Å². The van der Waals surface area contributed by atoms with Gasteiger partial charge >= 0.3 is 0 Å². The van der Waals surface area contributed by atoms with Crippen LogP contribution in [-0.4, -0.2) is 14.2 Å². The molecule has 3 nitrogen and oxygen atoms in total. The number of nitrogens with zero attached hydrogens (tertiary/aromatic N) is 1. The summed E-state index contributed by atoms with van der Waals surface area (Å²) in [5.41, 5.74) is 0.845. The molecule has 0 aliphatic rings. The maximum Gasteiger partial charge on any atom is 0.161 e. The van der Waals surface area contributed by atoms with Crippen LogP contribution in [0.5, 0.6) is 11.5 Å². The lowest BCUT2D eigenvalue weighted by Gasteiger charge is -2.11. The minimum Gasteiger partial charge on any atom is -0.493 e. The standard InChI is InChI=1S/C13H13NO2/c1-4-5-11(9-14)10-6-7-12(15-2)13(8-10)16-3/h1,6-8,11H,5H2,2-3H3. The summed E-state index contributed by atoms with van der Waals surface area (Å²) in [6.07, 6.45) is 5.61. The van der Waals surface area contributed by atoms with Crippen molar-refractivity contribution in [3.8, 4) is 29.9 Å². The second kappa shape index (κ2) is 5.68. The number of rotatable bonds is 4. The Morgan fingerprint density at radius 3 is 2.50 bits per heavy atom. The number of methoxy groups -OCH3 is 2. The van der Waals surface area contributed by atoms with Gasteiger partial charge in [0.05, 0.1) is 26.2 Å². The van der Waals surface area contributed by atoms with Crippen LogP contribution in [0.2, 0.25) is 0 Å². The fraction of sp³-hybridized carbons (Fsp3) is 0.308. The molecule has 0 fully saturated rings. The van der Waals surface area contributed by atoms with Gasteiger partial charge in [-0.05, 0) is 17.7 Å². The first kappa shape index (κ1) is 11.9. The van der Waals surface area contributed by atoms with E-state index in [0.29, 0.717) is 17.9 Å². The predicted molar refractivity (Wildman–Crippen MR) is 61.4 cm³/mol. The van der Waals surface area contributed by atoms with E-state index in [2.05, 4.69) is 12.0 Å². The highest BCUT2D eigenvalue weighted by Gasteiger charge is 2.12. The van der Waals surface area contributed by atoms with Gasteiger partial charge in [0.1, 0.15) is 0 Å². The van der Waals surface area contributed by atoms with E-state index in [9.17, 15) is 0 Å². The summed E-state index contributed by atoms with van der Waals surface area (Å²) in [5.74, 6) is 3.44. The molecule has 0 amide bonds. The number of ether oxygens (including phenoxy) is 2. The van der Waals surface area contributed by atoms with Gasteiger partial charge in [-0.2, -0.15) is 5.26 Å². The third-order valence-corrected chi connectivity index (χ3v) is 2.29. The fourth-order valence-electron chi connectivity index (χ4n) is 1.43. The van der Waals surface area contributed by atoms with Crippen LogP contribution in [0.3, 0.4) is 0 Å². The molecule has 3 heteroatoms. The Kier molecular flexibility index (Phi) is 4.24. The van der Waals surface area contributed by atoms with Gasteiger partial charge in [0, 0.05) is 6.42 Å². The van der Waals surface area contributed by atoms with Gasteiger partial charge in [-0.25, -0.2) is 0 Å². The van der Waals surface area contributed by atoms with Gasteiger partial charge in [-0.3, -0.25) is 0 Å². The van der Waals surface area contributed by atoms with Crippen molar-refractivity contribution in [1.82, 2.24) is 0 Å². The minimum absolute atomic E-state index is 0.301. The van der Waals surface area contributed by atoms with E-state index >= 15 is 0 Å². The van der Waals surface area contributed by atoms with E-state index in [4.69, 9.17) is 21.2 Å². The Morgan fingerprint density at radius 1 is 1.31 bits per heavy atom. The highest BCUT2D eigenvalue weighted by atomic mass is 16.5. The van der Waals surface area contributed by atoms with Crippen molar-refractivity contribution in [2.24, 2.45) is 0 Å². The van der Waals surface area contributed by atoms with E-state index < -0.39 is 0 Å². The molecule has 1 aromatic carbocycles. The monoisotopic (exact) mass is 215 g/mol. The average molecular weight is 215 g/mol. The van der Waals surface area contributed by atoms with Crippen LogP contribution in [0.25, 0.3) is 0 Å². The highest BCUT2D eigenvalue weighted by Crippen LogP contribution is 2.31. The van der Waals surface area contributed by atoms with E-state index in [1.54, 1.807) is 26.4 Å². The molecule has 0 aromatic heterocycles. The van der Waals surface area contributed by atoms with Crippen molar-refractivity contribution < 1.29 is 9.47 Å². The highest BCUT2D eigenvalue weighted by molar-refractivity contribution is 5.45. The molecule has 0 aliphatic carbocycles. The lowest BCUT2D eigenvalue weighted by Crippen LogP contribution is -1.97. The van der Waals surface area contributed by atoms with Crippen LogP contribution < -0.4 is 9.47 Å². The van der Waals surface area contributed by atoms with E-state index in [1.807, 2.05) is 6.07 Å². The maximum atomic E-state index is 8.98. The van der Waals surface area contributed by atoms with Crippen LogP contribution >= 0.6 is 0 Å². The number of hydrogen-bond donors (Lipinski definition) is 0. The molecule has 0 saturated heterocycles.